The highest BCUT2D eigenvalue weighted by Crippen LogP contribution is 2.23. The molecule has 3 aromatic rings. The predicted octanol–water partition coefficient (Wildman–Crippen LogP) is 2.29. The molecule has 1 aromatic carbocycles. The van der Waals surface area contributed by atoms with E-state index in [1.54, 1.807) is 22.3 Å². The number of aromatic nitrogens is 5. The van der Waals surface area contributed by atoms with Crippen molar-refractivity contribution >= 4 is 22.9 Å². The van der Waals surface area contributed by atoms with Crippen LogP contribution < -0.4 is 5.32 Å². The number of nitrogens with one attached hydrogen (secondary N) is 1. The normalized spacial score (nSPS) is 17.3. The van der Waals surface area contributed by atoms with E-state index in [0.29, 0.717) is 0 Å². The second-order valence-electron chi connectivity index (χ2n) is 6.56. The highest BCUT2D eigenvalue weighted by molar-refractivity contribution is 7.07. The third-order valence-electron chi connectivity index (χ3n) is 4.77. The Kier molecular flexibility index (Phi) is 5.50. The van der Waals surface area contributed by atoms with Gasteiger partial charge < -0.3 is 5.32 Å². The Bertz CT molecular complexity index is 848. The Balaban J connectivity index is 1.31. The lowest BCUT2D eigenvalue weighted by Gasteiger charge is -2.23. The molecule has 1 N–H and O–H groups in total. The predicted molar refractivity (Wildman–Crippen MR) is 103 cm³/mol. The molecule has 0 saturated carbocycles. The third kappa shape index (κ3) is 4.37. The van der Waals surface area contributed by atoms with Gasteiger partial charge in [0.1, 0.15) is 6.33 Å². The molecule has 0 unspecified atom stereocenters. The van der Waals surface area contributed by atoms with Gasteiger partial charge in [-0.3, -0.25) is 9.69 Å². The van der Waals surface area contributed by atoms with Crippen LogP contribution >= 0.6 is 11.3 Å². The van der Waals surface area contributed by atoms with Crippen molar-refractivity contribution in [1.82, 2.24) is 30.1 Å². The van der Waals surface area contributed by atoms with Crippen LogP contribution in [0.4, 0.5) is 5.69 Å². The first-order chi connectivity index (χ1) is 13.3. The summed E-state index contributed by atoms with van der Waals surface area (Å²) in [6.07, 6.45) is 4.47. The van der Waals surface area contributed by atoms with Gasteiger partial charge >= 0.3 is 0 Å². The van der Waals surface area contributed by atoms with Gasteiger partial charge in [0, 0.05) is 29.7 Å². The molecule has 1 aliphatic heterocycles. The zero-order valence-electron chi connectivity index (χ0n) is 14.9. The second-order valence-corrected chi connectivity index (χ2v) is 7.28. The molecule has 0 spiro atoms. The fourth-order valence-electron chi connectivity index (χ4n) is 3.41. The lowest BCUT2D eigenvalue weighted by Crippen LogP contribution is -2.40. The fourth-order valence-corrected chi connectivity index (χ4v) is 3.98. The second kappa shape index (κ2) is 8.36. The first-order valence-electron chi connectivity index (χ1n) is 9.04. The summed E-state index contributed by atoms with van der Waals surface area (Å²) in [5, 5.41) is 16.2. The van der Waals surface area contributed by atoms with Crippen LogP contribution in [-0.2, 0) is 11.3 Å². The van der Waals surface area contributed by atoms with Crippen molar-refractivity contribution in [3.05, 3.63) is 41.5 Å². The van der Waals surface area contributed by atoms with Crippen molar-refractivity contribution in [3.8, 4) is 11.3 Å². The molecule has 0 bridgehead atoms. The Morgan fingerprint density at radius 2 is 2.15 bits per heavy atom. The van der Waals surface area contributed by atoms with Crippen molar-refractivity contribution in [1.29, 1.82) is 0 Å². The minimum absolute atomic E-state index is 0.0660. The molecule has 8 nitrogen and oxygen atoms in total. The number of amides is 1. The molecule has 0 aliphatic carbocycles. The van der Waals surface area contributed by atoms with Crippen LogP contribution in [-0.4, -0.2) is 55.1 Å². The van der Waals surface area contributed by atoms with Crippen molar-refractivity contribution < 1.29 is 4.79 Å². The maximum Gasteiger partial charge on any atom is 0.241 e. The van der Waals surface area contributed by atoms with Crippen molar-refractivity contribution in [2.45, 2.75) is 31.8 Å². The number of thiazole rings is 1. The van der Waals surface area contributed by atoms with E-state index in [2.05, 4.69) is 30.7 Å². The summed E-state index contributed by atoms with van der Waals surface area (Å²) >= 11 is 1.57. The average Bonchev–Trinajstić information content (AvgIpc) is 3.45. The molecule has 3 heterocycles. The molecule has 1 aliphatic rings. The van der Waals surface area contributed by atoms with Gasteiger partial charge in [0.25, 0.3) is 0 Å². The molecular formula is C18H21N7OS. The number of tetrazole rings is 1. The number of aryl methyl sites for hydroxylation is 1. The number of carbonyl (C=O) groups is 1. The molecule has 4 rings (SSSR count). The largest absolute Gasteiger partial charge is 0.325 e. The molecule has 9 heteroatoms. The average molecular weight is 383 g/mol. The van der Waals surface area contributed by atoms with Crippen LogP contribution in [0.1, 0.15) is 19.3 Å². The monoisotopic (exact) mass is 383 g/mol. The SMILES string of the molecule is O=C(Nc1ccc(-c2cscn2)cc1)[C@@H]1CCCN1CCCn1cnnn1. The van der Waals surface area contributed by atoms with E-state index in [4.69, 9.17) is 0 Å². The maximum atomic E-state index is 12.7. The van der Waals surface area contributed by atoms with E-state index < -0.39 is 0 Å². The van der Waals surface area contributed by atoms with Crippen LogP contribution in [0.2, 0.25) is 0 Å². The van der Waals surface area contributed by atoms with Gasteiger partial charge in [-0.2, -0.15) is 0 Å². The first-order valence-corrected chi connectivity index (χ1v) is 9.98. The number of rotatable bonds is 7. The Labute approximate surface area is 161 Å². The summed E-state index contributed by atoms with van der Waals surface area (Å²) in [5.74, 6) is 0.0660. The first kappa shape index (κ1) is 17.7. The van der Waals surface area contributed by atoms with E-state index in [0.717, 1.165) is 55.8 Å². The van der Waals surface area contributed by atoms with E-state index in [1.807, 2.05) is 35.2 Å². The zero-order valence-corrected chi connectivity index (χ0v) is 15.7. The van der Waals surface area contributed by atoms with E-state index in [9.17, 15) is 4.79 Å². The molecule has 140 valence electrons. The number of hydrogen-bond acceptors (Lipinski definition) is 7. The van der Waals surface area contributed by atoms with Crippen molar-refractivity contribution in [2.75, 3.05) is 18.4 Å². The van der Waals surface area contributed by atoms with E-state index >= 15 is 0 Å². The molecule has 27 heavy (non-hydrogen) atoms. The van der Waals surface area contributed by atoms with Gasteiger partial charge in [-0.15, -0.1) is 16.4 Å². The summed E-state index contributed by atoms with van der Waals surface area (Å²) in [5.41, 5.74) is 4.65. The topological polar surface area (TPSA) is 88.8 Å². The molecule has 1 amide bonds. The van der Waals surface area contributed by atoms with Crippen LogP contribution in [0.3, 0.4) is 0 Å². The molecule has 2 aromatic heterocycles. The number of hydrogen-bond donors (Lipinski definition) is 1. The standard InChI is InChI=1S/C18H21N7OS/c26-18(21-15-6-4-14(5-7-15)16-11-27-13-19-16)17-3-1-8-24(17)9-2-10-25-12-20-22-23-25/h4-7,11-13,17H,1-3,8-10H2,(H,21,26)/t17-/m0/s1. The van der Waals surface area contributed by atoms with Gasteiger partial charge in [-0.05, 0) is 48.4 Å². The lowest BCUT2D eigenvalue weighted by molar-refractivity contribution is -0.120. The van der Waals surface area contributed by atoms with Gasteiger partial charge in [-0.1, -0.05) is 12.1 Å². The summed E-state index contributed by atoms with van der Waals surface area (Å²) in [6, 6.07) is 7.77. The number of anilines is 1. The van der Waals surface area contributed by atoms with Gasteiger partial charge in [0.2, 0.25) is 5.91 Å². The van der Waals surface area contributed by atoms with Crippen molar-refractivity contribution in [3.63, 3.8) is 0 Å². The molecule has 0 radical (unpaired) electrons. The Morgan fingerprint density at radius 3 is 2.89 bits per heavy atom. The van der Waals surface area contributed by atoms with Crippen LogP contribution in [0.25, 0.3) is 11.3 Å². The summed E-state index contributed by atoms with van der Waals surface area (Å²) in [7, 11) is 0. The molecular weight excluding hydrogens is 362 g/mol. The summed E-state index contributed by atoms with van der Waals surface area (Å²) in [4.78, 5) is 19.3. The summed E-state index contributed by atoms with van der Waals surface area (Å²) < 4.78 is 1.72. The number of likely N-dealkylation sites (tertiary alicyclic amines) is 1. The van der Waals surface area contributed by atoms with Crippen LogP contribution in [0, 0.1) is 0 Å². The minimum Gasteiger partial charge on any atom is -0.325 e. The van der Waals surface area contributed by atoms with Crippen LogP contribution in [0.5, 0.6) is 0 Å². The van der Waals surface area contributed by atoms with Gasteiger partial charge in [-0.25, -0.2) is 9.67 Å². The van der Waals surface area contributed by atoms with E-state index in [1.165, 1.54) is 0 Å². The van der Waals surface area contributed by atoms with Crippen LogP contribution in [0.15, 0.2) is 41.5 Å². The smallest absolute Gasteiger partial charge is 0.241 e. The minimum atomic E-state index is -0.0721. The number of carbonyl (C=O) groups excluding carboxylic acids is 1. The zero-order chi connectivity index (χ0) is 18.5. The Morgan fingerprint density at radius 1 is 1.26 bits per heavy atom. The van der Waals surface area contributed by atoms with Crippen molar-refractivity contribution in [2.24, 2.45) is 0 Å². The quantitative estimate of drug-likeness (QED) is 0.673. The van der Waals surface area contributed by atoms with E-state index in [-0.39, 0.29) is 11.9 Å². The number of benzene rings is 1. The molecule has 1 atom stereocenters. The van der Waals surface area contributed by atoms with Gasteiger partial charge in [0.15, 0.2) is 0 Å². The third-order valence-corrected chi connectivity index (χ3v) is 5.36. The molecule has 1 fully saturated rings. The molecule has 1 saturated heterocycles. The summed E-state index contributed by atoms with van der Waals surface area (Å²) in [6.45, 7) is 2.58. The highest BCUT2D eigenvalue weighted by atomic mass is 32.1. The lowest BCUT2D eigenvalue weighted by atomic mass is 10.1. The highest BCUT2D eigenvalue weighted by Gasteiger charge is 2.30. The van der Waals surface area contributed by atoms with Gasteiger partial charge in [0.05, 0.1) is 17.2 Å². The Hall–Kier alpha value is -2.65. The fraction of sp³-hybridized carbons (Fsp3) is 0.389. The maximum absolute atomic E-state index is 12.7. The number of nitrogens with zero attached hydrogens (tertiary/aromatic N) is 6.